The number of furan rings is 1. The lowest BCUT2D eigenvalue weighted by molar-refractivity contribution is 0.619. The molecule has 254 valence electrons. The summed E-state index contributed by atoms with van der Waals surface area (Å²) >= 11 is 0. The second-order valence-corrected chi connectivity index (χ2v) is 13.3. The monoisotopic (exact) mass is 696 g/mol. The van der Waals surface area contributed by atoms with Gasteiger partial charge in [0.25, 0.3) is 0 Å². The van der Waals surface area contributed by atoms with Gasteiger partial charge in [-0.25, -0.2) is 9.97 Å². The second kappa shape index (κ2) is 12.0. The summed E-state index contributed by atoms with van der Waals surface area (Å²) < 4.78 is 18.3. The van der Waals surface area contributed by atoms with Crippen LogP contribution in [-0.4, -0.2) is 15.0 Å². The first kappa shape index (κ1) is 30.1. The standard InChI is InChI=1S/C47H28N4O3/c1-4-10-42-37(7-1)38-28-48-41(27-45(38)52-42)33-14-13-32-26-36(24-19-31(32)25-33)51(34-20-15-29(16-21-34)46-49-39-8-2-5-11-43(39)53-46)35-22-17-30(18-23-35)47-50-40-9-3-6-12-44(40)54-47/h1-28H. The number of rotatable bonds is 6. The van der Waals surface area contributed by atoms with E-state index in [1.165, 1.54) is 0 Å². The number of aromatic nitrogens is 3. The Morgan fingerprint density at radius 3 is 1.57 bits per heavy atom. The molecule has 54 heavy (non-hydrogen) atoms. The van der Waals surface area contributed by atoms with Crippen molar-refractivity contribution in [2.75, 3.05) is 4.90 Å². The van der Waals surface area contributed by atoms with Crippen molar-refractivity contribution in [3.05, 3.63) is 170 Å². The summed E-state index contributed by atoms with van der Waals surface area (Å²) in [5.74, 6) is 1.18. The number of fused-ring (bicyclic) bond motifs is 6. The zero-order chi connectivity index (χ0) is 35.6. The number of oxazole rings is 2. The van der Waals surface area contributed by atoms with E-state index in [1.807, 2.05) is 79.0 Å². The van der Waals surface area contributed by atoms with Gasteiger partial charge in [-0.1, -0.05) is 60.7 Å². The molecule has 0 bridgehead atoms. The van der Waals surface area contributed by atoms with Gasteiger partial charge in [0.05, 0.1) is 5.69 Å². The van der Waals surface area contributed by atoms with Crippen LogP contribution in [0.25, 0.3) is 89.1 Å². The van der Waals surface area contributed by atoms with E-state index < -0.39 is 0 Å². The van der Waals surface area contributed by atoms with Crippen molar-refractivity contribution in [3.8, 4) is 34.2 Å². The molecular weight excluding hydrogens is 669 g/mol. The summed E-state index contributed by atoms with van der Waals surface area (Å²) in [6.07, 6.45) is 1.91. The molecule has 0 saturated carbocycles. The maximum Gasteiger partial charge on any atom is 0.227 e. The third-order valence-electron chi connectivity index (χ3n) is 9.97. The molecule has 0 aliphatic carbocycles. The van der Waals surface area contributed by atoms with Gasteiger partial charge in [-0.3, -0.25) is 4.98 Å². The SMILES string of the molecule is c1ccc2oc(-c3ccc(N(c4ccc(-c5nc6ccccc6o5)cc4)c4ccc5cc(-c6cc7oc8ccccc8c7cn6)ccc5c4)cc3)nc2c1. The molecule has 0 unspecified atom stereocenters. The van der Waals surface area contributed by atoms with Crippen LogP contribution in [-0.2, 0) is 0 Å². The first-order valence-electron chi connectivity index (χ1n) is 17.7. The van der Waals surface area contributed by atoms with Gasteiger partial charge < -0.3 is 18.2 Å². The van der Waals surface area contributed by atoms with Crippen molar-refractivity contribution >= 4 is 72.0 Å². The minimum absolute atomic E-state index is 0.590. The van der Waals surface area contributed by atoms with Gasteiger partial charge in [-0.05, 0) is 108 Å². The van der Waals surface area contributed by atoms with Crippen molar-refractivity contribution in [1.29, 1.82) is 0 Å². The molecule has 7 nitrogen and oxygen atoms in total. The van der Waals surface area contributed by atoms with Crippen LogP contribution >= 0.6 is 0 Å². The van der Waals surface area contributed by atoms with Gasteiger partial charge in [0.2, 0.25) is 11.8 Å². The van der Waals surface area contributed by atoms with Crippen molar-refractivity contribution in [2.45, 2.75) is 0 Å². The molecule has 0 amide bonds. The summed E-state index contributed by atoms with van der Waals surface area (Å²) in [6.45, 7) is 0. The zero-order valence-electron chi connectivity index (χ0n) is 28.7. The molecule has 11 rings (SSSR count). The van der Waals surface area contributed by atoms with Crippen LogP contribution in [0.1, 0.15) is 0 Å². The lowest BCUT2D eigenvalue weighted by Gasteiger charge is -2.26. The maximum atomic E-state index is 6.16. The summed E-state index contributed by atoms with van der Waals surface area (Å²) in [4.78, 5) is 16.5. The van der Waals surface area contributed by atoms with Crippen LogP contribution in [0.3, 0.4) is 0 Å². The van der Waals surface area contributed by atoms with Crippen LogP contribution in [0.2, 0.25) is 0 Å². The van der Waals surface area contributed by atoms with Gasteiger partial charge in [0.15, 0.2) is 11.2 Å². The average molecular weight is 697 g/mol. The number of benzene rings is 7. The molecule has 0 aliphatic rings. The number of hydrogen-bond acceptors (Lipinski definition) is 7. The Bertz CT molecular complexity index is 2990. The van der Waals surface area contributed by atoms with Gasteiger partial charge in [0.1, 0.15) is 22.2 Å². The molecule has 0 saturated heterocycles. The Morgan fingerprint density at radius 1 is 0.389 bits per heavy atom. The summed E-state index contributed by atoms with van der Waals surface area (Å²) in [6, 6.07) is 55.4. The second-order valence-electron chi connectivity index (χ2n) is 13.3. The third kappa shape index (κ3) is 5.10. The highest BCUT2D eigenvalue weighted by Crippen LogP contribution is 2.39. The molecule has 4 heterocycles. The summed E-state index contributed by atoms with van der Waals surface area (Å²) in [5, 5.41) is 4.31. The molecule has 0 fully saturated rings. The minimum Gasteiger partial charge on any atom is -0.456 e. The van der Waals surface area contributed by atoms with E-state index >= 15 is 0 Å². The normalized spacial score (nSPS) is 11.7. The number of hydrogen-bond donors (Lipinski definition) is 0. The lowest BCUT2D eigenvalue weighted by Crippen LogP contribution is -2.09. The molecule has 4 aromatic heterocycles. The quantitative estimate of drug-likeness (QED) is 0.171. The first-order valence-corrected chi connectivity index (χ1v) is 17.7. The molecule has 0 radical (unpaired) electrons. The topological polar surface area (TPSA) is 81.3 Å². The van der Waals surface area contributed by atoms with Crippen molar-refractivity contribution in [3.63, 3.8) is 0 Å². The summed E-state index contributed by atoms with van der Waals surface area (Å²) in [5.41, 5.74) is 11.6. The van der Waals surface area contributed by atoms with E-state index in [0.717, 1.165) is 94.4 Å². The highest BCUT2D eigenvalue weighted by atomic mass is 16.4. The Balaban J connectivity index is 0.972. The van der Waals surface area contributed by atoms with E-state index in [1.54, 1.807) is 0 Å². The Hall–Kier alpha value is -7.51. The van der Waals surface area contributed by atoms with E-state index in [0.29, 0.717) is 11.8 Å². The average Bonchev–Trinajstić information content (AvgIpc) is 3.96. The van der Waals surface area contributed by atoms with E-state index in [2.05, 4.69) is 95.9 Å². The molecule has 0 spiro atoms. The smallest absolute Gasteiger partial charge is 0.227 e. The number of para-hydroxylation sites is 5. The number of pyridine rings is 1. The molecular formula is C47H28N4O3. The van der Waals surface area contributed by atoms with E-state index in [4.69, 9.17) is 28.2 Å². The van der Waals surface area contributed by atoms with Crippen LogP contribution in [0.4, 0.5) is 17.1 Å². The van der Waals surface area contributed by atoms with Crippen molar-refractivity contribution in [1.82, 2.24) is 15.0 Å². The number of nitrogens with zero attached hydrogens (tertiary/aromatic N) is 4. The molecule has 7 aromatic carbocycles. The van der Waals surface area contributed by atoms with Crippen molar-refractivity contribution < 1.29 is 13.3 Å². The fourth-order valence-electron chi connectivity index (χ4n) is 7.25. The van der Waals surface area contributed by atoms with Crippen LogP contribution in [0.5, 0.6) is 0 Å². The molecule has 0 N–H and O–H groups in total. The Kier molecular flexibility index (Phi) is 6.72. The highest BCUT2D eigenvalue weighted by molar-refractivity contribution is 6.05. The molecule has 7 heteroatoms. The Morgan fingerprint density at radius 2 is 0.926 bits per heavy atom. The van der Waals surface area contributed by atoms with Gasteiger partial charge in [0, 0.05) is 56.8 Å². The predicted molar refractivity (Wildman–Crippen MR) is 215 cm³/mol. The fraction of sp³-hybridized carbons (Fsp3) is 0. The van der Waals surface area contributed by atoms with Gasteiger partial charge in [-0.2, -0.15) is 0 Å². The lowest BCUT2D eigenvalue weighted by atomic mass is 10.0. The third-order valence-corrected chi connectivity index (χ3v) is 9.97. The van der Waals surface area contributed by atoms with Gasteiger partial charge in [-0.15, -0.1) is 0 Å². The van der Waals surface area contributed by atoms with Crippen LogP contribution in [0.15, 0.2) is 183 Å². The molecule has 0 atom stereocenters. The predicted octanol–water partition coefficient (Wildman–Crippen LogP) is 12.9. The van der Waals surface area contributed by atoms with Crippen LogP contribution < -0.4 is 4.90 Å². The minimum atomic E-state index is 0.590. The maximum absolute atomic E-state index is 6.16. The fourth-order valence-corrected chi connectivity index (χ4v) is 7.25. The molecule has 11 aromatic rings. The van der Waals surface area contributed by atoms with Crippen molar-refractivity contribution in [2.24, 2.45) is 0 Å². The Labute approximate surface area is 308 Å². The van der Waals surface area contributed by atoms with E-state index in [9.17, 15) is 0 Å². The number of anilines is 3. The van der Waals surface area contributed by atoms with E-state index in [-0.39, 0.29) is 0 Å². The van der Waals surface area contributed by atoms with Crippen LogP contribution in [0, 0.1) is 0 Å². The van der Waals surface area contributed by atoms with Gasteiger partial charge >= 0.3 is 0 Å². The first-order chi connectivity index (χ1) is 26.7. The highest BCUT2D eigenvalue weighted by Gasteiger charge is 2.17. The molecule has 0 aliphatic heterocycles. The largest absolute Gasteiger partial charge is 0.456 e. The zero-order valence-corrected chi connectivity index (χ0v) is 28.7. The summed E-state index contributed by atoms with van der Waals surface area (Å²) in [7, 11) is 0.